The summed E-state index contributed by atoms with van der Waals surface area (Å²) >= 11 is 1.17. The van der Waals surface area contributed by atoms with Crippen LogP contribution in [0.5, 0.6) is 0 Å². The first kappa shape index (κ1) is 18.8. The van der Waals surface area contributed by atoms with E-state index in [-0.39, 0.29) is 17.5 Å². The summed E-state index contributed by atoms with van der Waals surface area (Å²) in [6.45, 7) is 1.73. The smallest absolute Gasteiger partial charge is 0.283 e. The maximum Gasteiger partial charge on any atom is 0.283 e. The van der Waals surface area contributed by atoms with E-state index in [4.69, 9.17) is 0 Å². The molecule has 1 heterocycles. The van der Waals surface area contributed by atoms with Crippen LogP contribution in [0.15, 0.2) is 65.3 Å². The number of hydrogen-bond acceptors (Lipinski definition) is 4. The molecule has 5 nitrogen and oxygen atoms in total. The number of thioether (sulfide) groups is 1. The molecular formula is C20H18FN3O2S. The van der Waals surface area contributed by atoms with Gasteiger partial charge in [0.1, 0.15) is 11.5 Å². The van der Waals surface area contributed by atoms with Crippen molar-refractivity contribution in [2.24, 2.45) is 4.99 Å². The molecule has 2 aromatic rings. The van der Waals surface area contributed by atoms with Gasteiger partial charge in [0.25, 0.3) is 5.91 Å². The molecule has 0 fully saturated rings. The van der Waals surface area contributed by atoms with Gasteiger partial charge in [0.05, 0.1) is 10.9 Å². The molecule has 1 atom stereocenters. The van der Waals surface area contributed by atoms with Crippen molar-refractivity contribution in [1.82, 2.24) is 5.32 Å². The van der Waals surface area contributed by atoms with Crippen LogP contribution in [-0.4, -0.2) is 29.3 Å². The Morgan fingerprint density at radius 3 is 2.48 bits per heavy atom. The van der Waals surface area contributed by atoms with Crippen LogP contribution in [-0.2, 0) is 9.59 Å². The van der Waals surface area contributed by atoms with Gasteiger partial charge < -0.3 is 5.32 Å². The Balaban J connectivity index is 1.98. The minimum atomic E-state index is -0.444. The number of carbonyl (C=O) groups excluding carboxylic acids is 2. The molecular weight excluding hydrogens is 365 g/mol. The highest BCUT2D eigenvalue weighted by atomic mass is 32.2. The lowest BCUT2D eigenvalue weighted by atomic mass is 10.2. The standard InChI is InChI=1S/C20H18FN3O2S/c1-13(18(25)22-2)27-20-23-17(12-14-6-4-3-5-7-14)19(26)24(20)16-10-8-15(21)9-11-16/h3-13H,1-2H3,(H,22,25)/b17-12-/t13-/m0/s1. The van der Waals surface area contributed by atoms with Gasteiger partial charge in [-0.05, 0) is 42.8 Å². The monoisotopic (exact) mass is 383 g/mol. The second kappa shape index (κ2) is 8.18. The fourth-order valence-electron chi connectivity index (χ4n) is 2.52. The van der Waals surface area contributed by atoms with Gasteiger partial charge in [-0.1, -0.05) is 42.1 Å². The van der Waals surface area contributed by atoms with E-state index >= 15 is 0 Å². The first-order valence-corrected chi connectivity index (χ1v) is 9.21. The van der Waals surface area contributed by atoms with E-state index in [0.29, 0.717) is 10.9 Å². The van der Waals surface area contributed by atoms with Gasteiger partial charge in [0.15, 0.2) is 5.17 Å². The highest BCUT2D eigenvalue weighted by Gasteiger charge is 2.34. The highest BCUT2D eigenvalue weighted by molar-refractivity contribution is 8.15. The zero-order valence-corrected chi connectivity index (χ0v) is 15.7. The van der Waals surface area contributed by atoms with Crippen LogP contribution in [0, 0.1) is 5.82 Å². The van der Waals surface area contributed by atoms with Gasteiger partial charge >= 0.3 is 0 Å². The minimum Gasteiger partial charge on any atom is -0.358 e. The number of amidine groups is 1. The van der Waals surface area contributed by atoms with E-state index in [9.17, 15) is 14.0 Å². The van der Waals surface area contributed by atoms with E-state index in [1.165, 1.54) is 40.9 Å². The van der Waals surface area contributed by atoms with E-state index in [1.54, 1.807) is 20.0 Å². The molecule has 2 aromatic carbocycles. The third-order valence-corrected chi connectivity index (χ3v) is 4.97. The lowest BCUT2D eigenvalue weighted by molar-refractivity contribution is -0.119. The quantitative estimate of drug-likeness (QED) is 0.823. The van der Waals surface area contributed by atoms with Crippen molar-refractivity contribution in [2.75, 3.05) is 11.9 Å². The summed E-state index contributed by atoms with van der Waals surface area (Å²) in [6, 6.07) is 15.0. The summed E-state index contributed by atoms with van der Waals surface area (Å²) in [6.07, 6.45) is 1.69. The van der Waals surface area contributed by atoms with E-state index in [0.717, 1.165) is 5.56 Å². The Labute approximate surface area is 161 Å². The number of halogens is 1. The summed E-state index contributed by atoms with van der Waals surface area (Å²) in [4.78, 5) is 30.7. The number of nitrogens with zero attached hydrogens (tertiary/aromatic N) is 2. The summed E-state index contributed by atoms with van der Waals surface area (Å²) < 4.78 is 13.3. The van der Waals surface area contributed by atoms with Crippen LogP contribution in [0.2, 0.25) is 0 Å². The molecule has 0 radical (unpaired) electrons. The Hall–Kier alpha value is -2.93. The van der Waals surface area contributed by atoms with Crippen LogP contribution < -0.4 is 10.2 Å². The van der Waals surface area contributed by atoms with Crippen molar-refractivity contribution in [3.05, 3.63) is 71.7 Å². The molecule has 3 rings (SSSR count). The summed E-state index contributed by atoms with van der Waals surface area (Å²) in [5, 5.41) is 2.52. The molecule has 138 valence electrons. The largest absolute Gasteiger partial charge is 0.358 e. The van der Waals surface area contributed by atoms with E-state index < -0.39 is 11.1 Å². The van der Waals surface area contributed by atoms with Gasteiger partial charge in [0, 0.05) is 7.05 Å². The molecule has 0 unspecified atom stereocenters. The van der Waals surface area contributed by atoms with E-state index in [1.807, 2.05) is 30.3 Å². The number of carbonyl (C=O) groups is 2. The average Bonchev–Trinajstić information content (AvgIpc) is 2.97. The van der Waals surface area contributed by atoms with Crippen LogP contribution in [0.3, 0.4) is 0 Å². The molecule has 27 heavy (non-hydrogen) atoms. The Morgan fingerprint density at radius 2 is 1.85 bits per heavy atom. The van der Waals surface area contributed by atoms with Crippen molar-refractivity contribution in [3.63, 3.8) is 0 Å². The molecule has 0 saturated carbocycles. The number of aliphatic imine (C=N–C) groups is 1. The topological polar surface area (TPSA) is 61.8 Å². The fourth-order valence-corrected chi connectivity index (χ4v) is 3.50. The molecule has 0 spiro atoms. The third kappa shape index (κ3) is 4.25. The predicted octanol–water partition coefficient (Wildman–Crippen LogP) is 3.44. The van der Waals surface area contributed by atoms with Crippen LogP contribution in [0.25, 0.3) is 6.08 Å². The van der Waals surface area contributed by atoms with Crippen molar-refractivity contribution in [2.45, 2.75) is 12.2 Å². The maximum absolute atomic E-state index is 13.3. The van der Waals surface area contributed by atoms with Gasteiger partial charge in [-0.15, -0.1) is 0 Å². The van der Waals surface area contributed by atoms with Crippen molar-refractivity contribution in [3.8, 4) is 0 Å². The third-order valence-electron chi connectivity index (χ3n) is 3.92. The van der Waals surface area contributed by atoms with Gasteiger partial charge in [0.2, 0.25) is 5.91 Å². The Bertz CT molecular complexity index is 911. The van der Waals surface area contributed by atoms with Crippen LogP contribution in [0.1, 0.15) is 12.5 Å². The average molecular weight is 383 g/mol. The molecule has 7 heteroatoms. The van der Waals surface area contributed by atoms with Crippen molar-refractivity contribution >= 4 is 40.5 Å². The normalized spacial score (nSPS) is 16.4. The first-order chi connectivity index (χ1) is 13.0. The number of hydrogen-bond donors (Lipinski definition) is 1. The molecule has 0 saturated heterocycles. The first-order valence-electron chi connectivity index (χ1n) is 8.33. The van der Waals surface area contributed by atoms with Gasteiger partial charge in [-0.3, -0.25) is 14.5 Å². The lowest BCUT2D eigenvalue weighted by Gasteiger charge is -2.19. The Morgan fingerprint density at radius 1 is 1.19 bits per heavy atom. The number of rotatable bonds is 4. The number of nitrogens with one attached hydrogen (secondary N) is 1. The molecule has 1 N–H and O–H groups in total. The zero-order chi connectivity index (χ0) is 19.4. The van der Waals surface area contributed by atoms with Crippen LogP contribution in [0.4, 0.5) is 10.1 Å². The second-order valence-corrected chi connectivity index (χ2v) is 7.13. The van der Waals surface area contributed by atoms with Gasteiger partial charge in [-0.2, -0.15) is 0 Å². The maximum atomic E-state index is 13.3. The van der Waals surface area contributed by atoms with Crippen molar-refractivity contribution in [1.29, 1.82) is 0 Å². The molecule has 1 aliphatic rings. The van der Waals surface area contributed by atoms with E-state index in [2.05, 4.69) is 10.3 Å². The number of amides is 2. The summed E-state index contributed by atoms with van der Waals surface area (Å²) in [5.74, 6) is -0.887. The minimum absolute atomic E-state index is 0.172. The summed E-state index contributed by atoms with van der Waals surface area (Å²) in [5.41, 5.74) is 1.60. The lowest BCUT2D eigenvalue weighted by Crippen LogP contribution is -2.34. The number of anilines is 1. The fraction of sp³-hybridized carbons (Fsp3) is 0.150. The Kier molecular flexibility index (Phi) is 5.71. The van der Waals surface area contributed by atoms with Crippen LogP contribution >= 0.6 is 11.8 Å². The molecule has 0 bridgehead atoms. The summed E-state index contributed by atoms with van der Waals surface area (Å²) in [7, 11) is 1.56. The molecule has 0 aliphatic carbocycles. The molecule has 1 aliphatic heterocycles. The van der Waals surface area contributed by atoms with Gasteiger partial charge in [-0.25, -0.2) is 9.38 Å². The highest BCUT2D eigenvalue weighted by Crippen LogP contribution is 2.31. The molecule has 2 amide bonds. The predicted molar refractivity (Wildman–Crippen MR) is 107 cm³/mol. The van der Waals surface area contributed by atoms with Crippen molar-refractivity contribution < 1.29 is 14.0 Å². The number of benzene rings is 2. The second-order valence-electron chi connectivity index (χ2n) is 5.83. The SMILES string of the molecule is CNC(=O)[C@H](C)SC1=N/C(=C\c2ccccc2)C(=O)N1c1ccc(F)cc1. The zero-order valence-electron chi connectivity index (χ0n) is 14.8. The molecule has 0 aromatic heterocycles.